The molecule has 0 radical (unpaired) electrons. The summed E-state index contributed by atoms with van der Waals surface area (Å²) in [6.07, 6.45) is 5.86. The number of methoxy groups -OCH3 is 1. The third-order valence-electron chi connectivity index (χ3n) is 3.15. The minimum Gasteiger partial charge on any atom is -0.494 e. The fourth-order valence-corrected chi connectivity index (χ4v) is 2.42. The van der Waals surface area contributed by atoms with Crippen molar-refractivity contribution in [3.8, 4) is 5.75 Å². The van der Waals surface area contributed by atoms with E-state index in [1.807, 2.05) is 17.8 Å². The molecular weight excluding hydrogens is 261 g/mol. The van der Waals surface area contributed by atoms with Crippen LogP contribution in [0.1, 0.15) is 37.8 Å². The van der Waals surface area contributed by atoms with Gasteiger partial charge in [0.25, 0.3) is 0 Å². The van der Waals surface area contributed by atoms with Gasteiger partial charge in [-0.25, -0.2) is 4.39 Å². The van der Waals surface area contributed by atoms with Crippen molar-refractivity contribution in [1.82, 2.24) is 5.32 Å². The van der Waals surface area contributed by atoms with Crippen molar-refractivity contribution in [2.24, 2.45) is 0 Å². The second kappa shape index (κ2) is 9.21. The zero-order chi connectivity index (χ0) is 14.1. The first-order valence-electron chi connectivity index (χ1n) is 6.74. The molecule has 1 aromatic carbocycles. The van der Waals surface area contributed by atoms with Crippen LogP contribution in [0.5, 0.6) is 5.75 Å². The van der Waals surface area contributed by atoms with Gasteiger partial charge in [0.15, 0.2) is 11.6 Å². The van der Waals surface area contributed by atoms with Crippen molar-refractivity contribution in [2.75, 3.05) is 25.7 Å². The molecule has 1 N–H and O–H groups in total. The number of hydrogen-bond acceptors (Lipinski definition) is 3. The van der Waals surface area contributed by atoms with E-state index in [1.54, 1.807) is 6.07 Å². The summed E-state index contributed by atoms with van der Waals surface area (Å²) < 4.78 is 18.3. The number of ether oxygens (including phenoxy) is 1. The molecule has 0 saturated carbocycles. The Morgan fingerprint density at radius 1 is 1.32 bits per heavy atom. The maximum Gasteiger partial charge on any atom is 0.165 e. The molecule has 108 valence electrons. The second-order valence-electron chi connectivity index (χ2n) is 4.62. The monoisotopic (exact) mass is 285 g/mol. The van der Waals surface area contributed by atoms with Crippen LogP contribution >= 0.6 is 11.8 Å². The molecule has 0 saturated heterocycles. The standard InChI is InChI=1S/C15H24FNOS/c1-12(17-9-5-4-6-10-19-3)13-7-8-14(16)15(11-13)18-2/h7-8,11-12,17H,4-6,9-10H2,1-3H3. The molecule has 4 heteroatoms. The highest BCUT2D eigenvalue weighted by Crippen LogP contribution is 2.22. The minimum absolute atomic E-state index is 0.218. The fourth-order valence-electron chi connectivity index (χ4n) is 1.93. The highest BCUT2D eigenvalue weighted by molar-refractivity contribution is 7.98. The summed E-state index contributed by atoms with van der Waals surface area (Å²) in [5, 5.41) is 3.46. The smallest absolute Gasteiger partial charge is 0.165 e. The molecule has 1 unspecified atom stereocenters. The summed E-state index contributed by atoms with van der Waals surface area (Å²) in [6, 6.07) is 5.25. The normalized spacial score (nSPS) is 12.4. The van der Waals surface area contributed by atoms with Gasteiger partial charge in [-0.05, 0) is 56.0 Å². The van der Waals surface area contributed by atoms with Gasteiger partial charge in [-0.1, -0.05) is 12.5 Å². The van der Waals surface area contributed by atoms with E-state index < -0.39 is 0 Å². The highest BCUT2D eigenvalue weighted by Gasteiger charge is 2.08. The summed E-state index contributed by atoms with van der Waals surface area (Å²) in [6.45, 7) is 3.09. The molecule has 0 fully saturated rings. The first kappa shape index (κ1) is 16.3. The minimum atomic E-state index is -0.310. The van der Waals surface area contributed by atoms with Crippen LogP contribution in [-0.2, 0) is 0 Å². The van der Waals surface area contributed by atoms with E-state index in [0.717, 1.165) is 12.1 Å². The van der Waals surface area contributed by atoms with Gasteiger partial charge in [0.05, 0.1) is 7.11 Å². The van der Waals surface area contributed by atoms with Crippen LogP contribution in [0.15, 0.2) is 18.2 Å². The maximum atomic E-state index is 13.3. The van der Waals surface area contributed by atoms with Gasteiger partial charge >= 0.3 is 0 Å². The zero-order valence-electron chi connectivity index (χ0n) is 12.0. The Morgan fingerprint density at radius 2 is 2.11 bits per heavy atom. The Hall–Kier alpha value is -0.740. The highest BCUT2D eigenvalue weighted by atomic mass is 32.2. The Bertz CT molecular complexity index is 373. The molecule has 0 heterocycles. The largest absolute Gasteiger partial charge is 0.494 e. The number of nitrogens with one attached hydrogen (secondary N) is 1. The first-order chi connectivity index (χ1) is 9.19. The summed E-state index contributed by atoms with van der Waals surface area (Å²) in [4.78, 5) is 0. The number of unbranched alkanes of at least 4 members (excludes halogenated alkanes) is 2. The van der Waals surface area contributed by atoms with Crippen molar-refractivity contribution >= 4 is 11.8 Å². The van der Waals surface area contributed by atoms with Crippen LogP contribution in [-0.4, -0.2) is 25.7 Å². The van der Waals surface area contributed by atoms with Crippen LogP contribution < -0.4 is 10.1 Å². The lowest BCUT2D eigenvalue weighted by atomic mass is 10.1. The van der Waals surface area contributed by atoms with Crippen LogP contribution in [0, 0.1) is 5.82 Å². The average molecular weight is 285 g/mol. The molecule has 1 aromatic rings. The number of thioether (sulfide) groups is 1. The molecule has 1 atom stereocenters. The average Bonchev–Trinajstić information content (AvgIpc) is 2.43. The summed E-state index contributed by atoms with van der Waals surface area (Å²) in [7, 11) is 1.49. The number of benzene rings is 1. The van der Waals surface area contributed by atoms with Gasteiger partial charge in [-0.15, -0.1) is 0 Å². The van der Waals surface area contributed by atoms with E-state index in [0.29, 0.717) is 5.75 Å². The van der Waals surface area contributed by atoms with E-state index in [4.69, 9.17) is 4.74 Å². The van der Waals surface area contributed by atoms with Crippen LogP contribution in [0.4, 0.5) is 4.39 Å². The maximum absolute atomic E-state index is 13.3. The lowest BCUT2D eigenvalue weighted by Crippen LogP contribution is -2.20. The molecule has 0 aliphatic heterocycles. The van der Waals surface area contributed by atoms with Crippen molar-refractivity contribution < 1.29 is 9.13 Å². The summed E-state index contributed by atoms with van der Waals surface area (Å²) in [5.74, 6) is 1.24. The van der Waals surface area contributed by atoms with Gasteiger partial charge in [-0.3, -0.25) is 0 Å². The molecule has 0 aliphatic rings. The number of halogens is 1. The lowest BCUT2D eigenvalue weighted by Gasteiger charge is -2.15. The van der Waals surface area contributed by atoms with E-state index in [9.17, 15) is 4.39 Å². The number of hydrogen-bond donors (Lipinski definition) is 1. The zero-order valence-corrected chi connectivity index (χ0v) is 12.9. The molecule has 0 aliphatic carbocycles. The Balaban J connectivity index is 2.34. The van der Waals surface area contributed by atoms with E-state index in [2.05, 4.69) is 18.5 Å². The van der Waals surface area contributed by atoms with E-state index in [1.165, 1.54) is 38.2 Å². The molecule has 0 bridgehead atoms. The van der Waals surface area contributed by atoms with Crippen LogP contribution in [0.2, 0.25) is 0 Å². The van der Waals surface area contributed by atoms with Gasteiger partial charge in [0.2, 0.25) is 0 Å². The topological polar surface area (TPSA) is 21.3 Å². The summed E-state index contributed by atoms with van der Waals surface area (Å²) in [5.41, 5.74) is 1.06. The second-order valence-corrected chi connectivity index (χ2v) is 5.61. The molecule has 0 amide bonds. The predicted molar refractivity (Wildman–Crippen MR) is 81.6 cm³/mol. The fraction of sp³-hybridized carbons (Fsp3) is 0.600. The van der Waals surface area contributed by atoms with Crippen LogP contribution in [0.25, 0.3) is 0 Å². The molecule has 1 rings (SSSR count). The van der Waals surface area contributed by atoms with Crippen molar-refractivity contribution in [2.45, 2.75) is 32.2 Å². The predicted octanol–water partition coefficient (Wildman–Crippen LogP) is 4.02. The third-order valence-corrected chi connectivity index (χ3v) is 3.85. The van der Waals surface area contributed by atoms with Crippen LogP contribution in [0.3, 0.4) is 0 Å². The van der Waals surface area contributed by atoms with E-state index in [-0.39, 0.29) is 11.9 Å². The SMILES string of the molecule is COc1cc(C(C)NCCCCCSC)ccc1F. The van der Waals surface area contributed by atoms with Gasteiger partial charge in [-0.2, -0.15) is 11.8 Å². The lowest BCUT2D eigenvalue weighted by molar-refractivity contribution is 0.385. The van der Waals surface area contributed by atoms with Crippen molar-refractivity contribution in [3.63, 3.8) is 0 Å². The quantitative estimate of drug-likeness (QED) is 0.692. The van der Waals surface area contributed by atoms with Gasteiger partial charge < -0.3 is 10.1 Å². The van der Waals surface area contributed by atoms with E-state index >= 15 is 0 Å². The summed E-state index contributed by atoms with van der Waals surface area (Å²) >= 11 is 1.90. The van der Waals surface area contributed by atoms with Gasteiger partial charge in [0, 0.05) is 6.04 Å². The van der Waals surface area contributed by atoms with Crippen molar-refractivity contribution in [1.29, 1.82) is 0 Å². The molecular formula is C15H24FNOS. The molecule has 19 heavy (non-hydrogen) atoms. The Morgan fingerprint density at radius 3 is 2.79 bits per heavy atom. The Kier molecular flexibility index (Phi) is 7.91. The Labute approximate surface area is 120 Å². The first-order valence-corrected chi connectivity index (χ1v) is 8.14. The van der Waals surface area contributed by atoms with Gasteiger partial charge in [0.1, 0.15) is 0 Å². The third kappa shape index (κ3) is 5.83. The molecule has 0 aromatic heterocycles. The molecule has 2 nitrogen and oxygen atoms in total. The molecule has 0 spiro atoms. The number of rotatable bonds is 9. The van der Waals surface area contributed by atoms with Crippen molar-refractivity contribution in [3.05, 3.63) is 29.6 Å².